The summed E-state index contributed by atoms with van der Waals surface area (Å²) in [6, 6.07) is 7.19. The van der Waals surface area contributed by atoms with E-state index in [1.54, 1.807) is 31.2 Å². The zero-order valence-electron chi connectivity index (χ0n) is 11.1. The molecular formula is C15H19NO3. The van der Waals surface area contributed by atoms with E-state index in [0.717, 1.165) is 19.1 Å². The van der Waals surface area contributed by atoms with Crippen molar-refractivity contribution < 1.29 is 14.3 Å². The maximum absolute atomic E-state index is 12.0. The summed E-state index contributed by atoms with van der Waals surface area (Å²) < 4.78 is 5.57. The zero-order valence-corrected chi connectivity index (χ0v) is 11.1. The Bertz CT molecular complexity index is 452. The molecule has 1 atom stereocenters. The van der Waals surface area contributed by atoms with Crippen LogP contribution in [0.25, 0.3) is 0 Å². The third-order valence-corrected chi connectivity index (χ3v) is 3.42. The first kappa shape index (κ1) is 13.6. The molecule has 1 aliphatic carbocycles. The van der Waals surface area contributed by atoms with Crippen LogP contribution in [0.2, 0.25) is 0 Å². The van der Waals surface area contributed by atoms with Crippen molar-refractivity contribution in [3.8, 4) is 5.75 Å². The molecule has 4 heteroatoms. The fraction of sp³-hybridized carbons (Fsp3) is 0.467. The molecule has 1 fully saturated rings. The number of carbonyl (C=O) groups excluding carboxylic acids is 2. The second kappa shape index (κ2) is 6.36. The number of ether oxygens (including phenoxy) is 1. The maximum atomic E-state index is 12.0. The van der Waals surface area contributed by atoms with E-state index in [4.69, 9.17) is 4.74 Å². The fourth-order valence-corrected chi connectivity index (χ4v) is 2.32. The Morgan fingerprint density at radius 2 is 2.05 bits per heavy atom. The normalized spacial score (nSPS) is 16.9. The van der Waals surface area contributed by atoms with Gasteiger partial charge in [-0.3, -0.25) is 9.59 Å². The predicted molar refractivity (Wildman–Crippen MR) is 72.3 cm³/mol. The molecule has 0 unspecified atom stereocenters. The van der Waals surface area contributed by atoms with Crippen molar-refractivity contribution in [2.45, 2.75) is 44.8 Å². The van der Waals surface area contributed by atoms with Crippen molar-refractivity contribution in [1.29, 1.82) is 0 Å². The number of aldehydes is 1. The van der Waals surface area contributed by atoms with Gasteiger partial charge in [0.2, 0.25) is 0 Å². The smallest absolute Gasteiger partial charge is 0.260 e. The predicted octanol–water partition coefficient (Wildman–Crippen LogP) is 2.33. The van der Waals surface area contributed by atoms with Gasteiger partial charge in [-0.1, -0.05) is 25.0 Å². The van der Waals surface area contributed by atoms with Crippen LogP contribution in [0.15, 0.2) is 24.3 Å². The SMILES string of the molecule is C[C@@H](Oc1ccccc1C=O)C(=O)NC1CCCC1. The minimum absolute atomic E-state index is 0.118. The van der Waals surface area contributed by atoms with Crippen LogP contribution >= 0.6 is 0 Å². The van der Waals surface area contributed by atoms with Crippen molar-refractivity contribution in [3.63, 3.8) is 0 Å². The van der Waals surface area contributed by atoms with Crippen LogP contribution in [0.3, 0.4) is 0 Å². The Kier molecular flexibility index (Phi) is 4.55. The van der Waals surface area contributed by atoms with Crippen molar-refractivity contribution in [1.82, 2.24) is 5.32 Å². The molecule has 2 rings (SSSR count). The summed E-state index contributed by atoms with van der Waals surface area (Å²) in [7, 11) is 0. The fourth-order valence-electron chi connectivity index (χ4n) is 2.32. The van der Waals surface area contributed by atoms with Crippen LogP contribution in [0.4, 0.5) is 0 Å². The number of amides is 1. The third-order valence-electron chi connectivity index (χ3n) is 3.42. The molecule has 0 radical (unpaired) electrons. The van der Waals surface area contributed by atoms with E-state index in [0.29, 0.717) is 11.3 Å². The van der Waals surface area contributed by atoms with Crippen LogP contribution < -0.4 is 10.1 Å². The largest absolute Gasteiger partial charge is 0.480 e. The monoisotopic (exact) mass is 261 g/mol. The standard InChI is InChI=1S/C15H19NO3/c1-11(15(18)16-13-7-3-4-8-13)19-14-9-5-2-6-12(14)10-17/h2,5-6,9-11,13H,3-4,7-8H2,1H3,(H,16,18)/t11-/m1/s1. The van der Waals surface area contributed by atoms with Gasteiger partial charge in [0.25, 0.3) is 5.91 Å². The first-order valence-corrected chi connectivity index (χ1v) is 6.72. The molecule has 0 saturated heterocycles. The summed E-state index contributed by atoms with van der Waals surface area (Å²) >= 11 is 0. The van der Waals surface area contributed by atoms with Crippen LogP contribution in [0.5, 0.6) is 5.75 Å². The van der Waals surface area contributed by atoms with E-state index < -0.39 is 6.10 Å². The van der Waals surface area contributed by atoms with Gasteiger partial charge < -0.3 is 10.1 Å². The summed E-state index contributed by atoms with van der Waals surface area (Å²) in [4.78, 5) is 22.9. The van der Waals surface area contributed by atoms with Gasteiger partial charge in [0, 0.05) is 6.04 Å². The number of rotatable bonds is 5. The average Bonchev–Trinajstić information content (AvgIpc) is 2.92. The van der Waals surface area contributed by atoms with E-state index in [1.165, 1.54) is 12.8 Å². The number of benzene rings is 1. The van der Waals surface area contributed by atoms with Gasteiger partial charge in [0.15, 0.2) is 12.4 Å². The summed E-state index contributed by atoms with van der Waals surface area (Å²) in [6.45, 7) is 1.70. The Hall–Kier alpha value is -1.84. The zero-order chi connectivity index (χ0) is 13.7. The summed E-state index contributed by atoms with van der Waals surface area (Å²) in [5, 5.41) is 2.98. The molecule has 0 bridgehead atoms. The van der Waals surface area contributed by atoms with Crippen LogP contribution in [-0.4, -0.2) is 24.3 Å². The molecule has 4 nitrogen and oxygen atoms in total. The van der Waals surface area contributed by atoms with E-state index in [9.17, 15) is 9.59 Å². The minimum atomic E-state index is -0.596. The molecule has 1 N–H and O–H groups in total. The Balaban J connectivity index is 1.93. The Labute approximate surface area is 113 Å². The molecule has 0 aromatic heterocycles. The van der Waals surface area contributed by atoms with Gasteiger partial charge in [-0.15, -0.1) is 0 Å². The number of hydrogen-bond donors (Lipinski definition) is 1. The molecule has 1 aromatic rings. The van der Waals surface area contributed by atoms with E-state index in [-0.39, 0.29) is 11.9 Å². The minimum Gasteiger partial charge on any atom is -0.480 e. The van der Waals surface area contributed by atoms with Crippen molar-refractivity contribution >= 4 is 12.2 Å². The molecular weight excluding hydrogens is 242 g/mol. The van der Waals surface area contributed by atoms with Gasteiger partial charge in [-0.2, -0.15) is 0 Å². The lowest BCUT2D eigenvalue weighted by Gasteiger charge is -2.18. The number of carbonyl (C=O) groups is 2. The van der Waals surface area contributed by atoms with Gasteiger partial charge in [0.1, 0.15) is 5.75 Å². The highest BCUT2D eigenvalue weighted by Gasteiger charge is 2.22. The van der Waals surface area contributed by atoms with Crippen LogP contribution in [0, 0.1) is 0 Å². The molecule has 0 heterocycles. The first-order chi connectivity index (χ1) is 9.20. The van der Waals surface area contributed by atoms with Gasteiger partial charge >= 0.3 is 0 Å². The molecule has 0 spiro atoms. The highest BCUT2D eigenvalue weighted by Crippen LogP contribution is 2.19. The lowest BCUT2D eigenvalue weighted by Crippen LogP contribution is -2.41. The second-order valence-electron chi connectivity index (χ2n) is 4.91. The third kappa shape index (κ3) is 3.56. The molecule has 19 heavy (non-hydrogen) atoms. The van der Waals surface area contributed by atoms with Crippen molar-refractivity contribution in [2.24, 2.45) is 0 Å². The van der Waals surface area contributed by atoms with E-state index in [1.807, 2.05) is 0 Å². The number of nitrogens with one attached hydrogen (secondary N) is 1. The lowest BCUT2D eigenvalue weighted by molar-refractivity contribution is -0.127. The first-order valence-electron chi connectivity index (χ1n) is 6.72. The Morgan fingerprint density at radius 1 is 1.37 bits per heavy atom. The Morgan fingerprint density at radius 3 is 2.74 bits per heavy atom. The second-order valence-corrected chi connectivity index (χ2v) is 4.91. The summed E-state index contributed by atoms with van der Waals surface area (Å²) in [5.41, 5.74) is 0.461. The van der Waals surface area contributed by atoms with Gasteiger partial charge in [-0.05, 0) is 31.9 Å². The van der Waals surface area contributed by atoms with E-state index in [2.05, 4.69) is 5.32 Å². The highest BCUT2D eigenvalue weighted by molar-refractivity contribution is 5.82. The van der Waals surface area contributed by atoms with E-state index >= 15 is 0 Å². The number of para-hydroxylation sites is 1. The average molecular weight is 261 g/mol. The molecule has 1 aliphatic rings. The maximum Gasteiger partial charge on any atom is 0.260 e. The lowest BCUT2D eigenvalue weighted by atomic mass is 10.2. The molecule has 1 aromatic carbocycles. The summed E-state index contributed by atoms with van der Waals surface area (Å²) in [6.07, 6.45) is 4.58. The molecule has 1 amide bonds. The molecule has 0 aliphatic heterocycles. The molecule has 102 valence electrons. The molecule has 1 saturated carbocycles. The number of hydrogen-bond acceptors (Lipinski definition) is 3. The highest BCUT2D eigenvalue weighted by atomic mass is 16.5. The van der Waals surface area contributed by atoms with Gasteiger partial charge in [0.05, 0.1) is 5.56 Å². The topological polar surface area (TPSA) is 55.4 Å². The van der Waals surface area contributed by atoms with Crippen molar-refractivity contribution in [2.75, 3.05) is 0 Å². The quantitative estimate of drug-likeness (QED) is 0.828. The van der Waals surface area contributed by atoms with Gasteiger partial charge in [-0.25, -0.2) is 0 Å². The summed E-state index contributed by atoms with van der Waals surface area (Å²) in [5.74, 6) is 0.333. The van der Waals surface area contributed by atoms with Crippen LogP contribution in [-0.2, 0) is 4.79 Å². The van der Waals surface area contributed by atoms with Crippen LogP contribution in [0.1, 0.15) is 43.0 Å². The van der Waals surface area contributed by atoms with Crippen molar-refractivity contribution in [3.05, 3.63) is 29.8 Å².